The number of carbonyl (C=O) groups is 1. The molecule has 3 rings (SSSR count). The number of rotatable bonds is 7. The lowest BCUT2D eigenvalue weighted by Gasteiger charge is -2.13. The lowest BCUT2D eigenvalue weighted by atomic mass is 9.98. The van der Waals surface area contributed by atoms with Crippen molar-refractivity contribution in [1.82, 2.24) is 0 Å². The molecule has 0 spiro atoms. The predicted octanol–water partition coefficient (Wildman–Crippen LogP) is 6.60. The lowest BCUT2D eigenvalue weighted by molar-refractivity contribution is -0.0885. The summed E-state index contributed by atoms with van der Waals surface area (Å²) in [5, 5.41) is 8.45. The number of hydrogen-bond donors (Lipinski definition) is 0. The Bertz CT molecular complexity index is 1150. The van der Waals surface area contributed by atoms with Crippen molar-refractivity contribution in [3.63, 3.8) is 0 Å². The second-order valence-electron chi connectivity index (χ2n) is 7.27. The first kappa shape index (κ1) is 23.8. The van der Waals surface area contributed by atoms with Gasteiger partial charge in [0.25, 0.3) is 5.78 Å². The second-order valence-corrected chi connectivity index (χ2v) is 7.27. The largest absolute Gasteiger partial charge is 0.497 e. The van der Waals surface area contributed by atoms with E-state index >= 15 is 0 Å². The highest BCUT2D eigenvalue weighted by molar-refractivity contribution is 6.02. The number of halogens is 3. The van der Waals surface area contributed by atoms with Crippen LogP contribution in [0.3, 0.4) is 0 Å². The molecule has 0 saturated heterocycles. The van der Waals surface area contributed by atoms with Crippen LogP contribution in [0, 0.1) is 0 Å². The van der Waals surface area contributed by atoms with E-state index in [9.17, 15) is 18.0 Å². The van der Waals surface area contributed by atoms with Gasteiger partial charge in [-0.25, -0.2) is 0 Å². The van der Waals surface area contributed by atoms with Gasteiger partial charge in [-0.05, 0) is 60.2 Å². The summed E-state index contributed by atoms with van der Waals surface area (Å²) in [6.45, 7) is 0. The minimum absolute atomic E-state index is 0.274. The Hall–Kier alpha value is -3.88. The Kier molecular flexibility index (Phi) is 7.01. The summed E-state index contributed by atoms with van der Waals surface area (Å²) >= 11 is 0. The highest BCUT2D eigenvalue weighted by atomic mass is 19.4. The van der Waals surface area contributed by atoms with Gasteiger partial charge in [-0.1, -0.05) is 0 Å². The molecule has 0 radical (unpaired) electrons. The summed E-state index contributed by atoms with van der Waals surface area (Å²) in [6, 6.07) is 15.7. The van der Waals surface area contributed by atoms with Crippen molar-refractivity contribution >= 4 is 22.8 Å². The SMILES string of the molecule is COc1cc(OC)cc(-c2cc(C(=O)C(F)(F)F)ccc2N=Nc2ccc(N(C)C)cc2)c1. The molecule has 9 heteroatoms. The fraction of sp³-hybridized carbons (Fsp3) is 0.208. The second kappa shape index (κ2) is 9.72. The highest BCUT2D eigenvalue weighted by Crippen LogP contribution is 2.38. The van der Waals surface area contributed by atoms with E-state index in [1.165, 1.54) is 20.3 Å². The van der Waals surface area contributed by atoms with E-state index in [1.807, 2.05) is 31.1 Å². The number of benzene rings is 3. The van der Waals surface area contributed by atoms with E-state index in [0.29, 0.717) is 22.7 Å². The number of ether oxygens (including phenoxy) is 2. The van der Waals surface area contributed by atoms with Crippen molar-refractivity contribution in [3.8, 4) is 22.6 Å². The number of alkyl halides is 3. The van der Waals surface area contributed by atoms with E-state index in [2.05, 4.69) is 10.2 Å². The van der Waals surface area contributed by atoms with E-state index in [4.69, 9.17) is 9.47 Å². The minimum atomic E-state index is -5.00. The van der Waals surface area contributed by atoms with Crippen LogP contribution in [-0.4, -0.2) is 40.3 Å². The Morgan fingerprint density at radius 1 is 0.848 bits per heavy atom. The smallest absolute Gasteiger partial charge is 0.454 e. The molecule has 6 nitrogen and oxygen atoms in total. The quantitative estimate of drug-likeness (QED) is 0.296. The standard InChI is InChI=1S/C24H22F3N3O3/c1-30(2)18-8-6-17(7-9-18)28-29-22-10-5-15(23(31)24(25,26)27)13-21(22)16-11-19(32-3)14-20(12-16)33-4/h5-14H,1-4H3. The molecular formula is C24H22F3N3O3. The summed E-state index contributed by atoms with van der Waals surface area (Å²) in [7, 11) is 6.74. The maximum absolute atomic E-state index is 13.0. The number of nitrogens with zero attached hydrogens (tertiary/aromatic N) is 3. The minimum Gasteiger partial charge on any atom is -0.497 e. The number of anilines is 1. The molecule has 33 heavy (non-hydrogen) atoms. The molecule has 0 aliphatic carbocycles. The molecule has 0 saturated carbocycles. The topological polar surface area (TPSA) is 63.5 Å². The molecule has 3 aromatic rings. The van der Waals surface area contributed by atoms with Gasteiger partial charge < -0.3 is 14.4 Å². The van der Waals surface area contributed by atoms with Crippen LogP contribution in [-0.2, 0) is 0 Å². The zero-order valence-electron chi connectivity index (χ0n) is 18.5. The van der Waals surface area contributed by atoms with Crippen LogP contribution >= 0.6 is 0 Å². The van der Waals surface area contributed by atoms with Crippen molar-refractivity contribution < 1.29 is 27.4 Å². The fourth-order valence-electron chi connectivity index (χ4n) is 3.05. The first-order valence-electron chi connectivity index (χ1n) is 9.80. The van der Waals surface area contributed by atoms with Crippen LogP contribution < -0.4 is 14.4 Å². The first-order chi connectivity index (χ1) is 15.6. The van der Waals surface area contributed by atoms with Crippen molar-refractivity contribution in [2.45, 2.75) is 6.18 Å². The van der Waals surface area contributed by atoms with Gasteiger partial charge in [-0.3, -0.25) is 4.79 Å². The monoisotopic (exact) mass is 457 g/mol. The summed E-state index contributed by atoms with van der Waals surface area (Å²) in [5.74, 6) is -1.08. The van der Waals surface area contributed by atoms with E-state index < -0.39 is 17.5 Å². The molecule has 172 valence electrons. The van der Waals surface area contributed by atoms with Crippen LogP contribution in [0.1, 0.15) is 10.4 Å². The van der Waals surface area contributed by atoms with Gasteiger partial charge in [0, 0.05) is 37.0 Å². The molecule has 3 aromatic carbocycles. The third kappa shape index (κ3) is 5.68. The van der Waals surface area contributed by atoms with Crippen LogP contribution in [0.5, 0.6) is 11.5 Å². The molecule has 0 aliphatic heterocycles. The summed E-state index contributed by atoms with van der Waals surface area (Å²) < 4.78 is 49.6. The molecule has 0 atom stereocenters. The van der Waals surface area contributed by atoms with Crippen molar-refractivity contribution in [3.05, 3.63) is 66.2 Å². The highest BCUT2D eigenvalue weighted by Gasteiger charge is 2.39. The summed E-state index contributed by atoms with van der Waals surface area (Å²) in [5.41, 5.74) is 2.04. The van der Waals surface area contributed by atoms with Gasteiger partial charge in [0.05, 0.1) is 25.6 Å². The van der Waals surface area contributed by atoms with Crippen LogP contribution in [0.2, 0.25) is 0 Å². The third-order valence-electron chi connectivity index (χ3n) is 4.82. The molecule has 0 bridgehead atoms. The molecule has 0 aliphatic rings. The number of ketones is 1. The van der Waals surface area contributed by atoms with E-state index in [0.717, 1.165) is 17.8 Å². The van der Waals surface area contributed by atoms with Gasteiger partial charge in [-0.2, -0.15) is 18.3 Å². The van der Waals surface area contributed by atoms with E-state index in [-0.39, 0.29) is 11.3 Å². The molecule has 0 fully saturated rings. The average Bonchev–Trinajstić information content (AvgIpc) is 2.81. The Morgan fingerprint density at radius 2 is 1.45 bits per heavy atom. The lowest BCUT2D eigenvalue weighted by Crippen LogP contribution is -2.22. The summed E-state index contributed by atoms with van der Waals surface area (Å²) in [6.07, 6.45) is -5.00. The van der Waals surface area contributed by atoms with Crippen LogP contribution in [0.4, 0.5) is 30.2 Å². The Labute approximate surface area is 189 Å². The van der Waals surface area contributed by atoms with Gasteiger partial charge >= 0.3 is 6.18 Å². The van der Waals surface area contributed by atoms with Crippen LogP contribution in [0.25, 0.3) is 11.1 Å². The van der Waals surface area contributed by atoms with Crippen molar-refractivity contribution in [2.24, 2.45) is 10.2 Å². The Balaban J connectivity index is 2.11. The number of carbonyl (C=O) groups excluding carboxylic acids is 1. The van der Waals surface area contributed by atoms with Crippen molar-refractivity contribution in [2.75, 3.05) is 33.2 Å². The average molecular weight is 457 g/mol. The number of hydrogen-bond acceptors (Lipinski definition) is 6. The number of Topliss-reactive ketones (excluding diaryl/α,β-unsaturated/α-hetero) is 1. The van der Waals surface area contributed by atoms with Gasteiger partial charge in [0.15, 0.2) is 0 Å². The van der Waals surface area contributed by atoms with Gasteiger partial charge in [0.2, 0.25) is 0 Å². The molecule has 0 aromatic heterocycles. The Morgan fingerprint density at radius 3 is 1.97 bits per heavy atom. The zero-order valence-corrected chi connectivity index (χ0v) is 18.5. The van der Waals surface area contributed by atoms with Crippen LogP contribution in [0.15, 0.2) is 70.9 Å². The molecule has 0 unspecified atom stereocenters. The number of azo groups is 1. The predicted molar refractivity (Wildman–Crippen MR) is 120 cm³/mol. The van der Waals surface area contributed by atoms with E-state index in [1.54, 1.807) is 30.3 Å². The maximum Gasteiger partial charge on any atom is 0.454 e. The first-order valence-corrected chi connectivity index (χ1v) is 9.80. The molecular weight excluding hydrogens is 435 g/mol. The van der Waals surface area contributed by atoms with Crippen molar-refractivity contribution in [1.29, 1.82) is 0 Å². The zero-order chi connectivity index (χ0) is 24.2. The van der Waals surface area contributed by atoms with Gasteiger partial charge in [-0.15, -0.1) is 5.11 Å². The maximum atomic E-state index is 13.0. The van der Waals surface area contributed by atoms with Gasteiger partial charge in [0.1, 0.15) is 11.5 Å². The molecule has 0 heterocycles. The molecule has 0 N–H and O–H groups in total. The normalized spacial score (nSPS) is 11.5. The fourth-order valence-corrected chi connectivity index (χ4v) is 3.05. The molecule has 0 amide bonds. The summed E-state index contributed by atoms with van der Waals surface area (Å²) in [4.78, 5) is 13.8. The number of methoxy groups -OCH3 is 2. The third-order valence-corrected chi connectivity index (χ3v) is 4.82.